The second-order valence-corrected chi connectivity index (χ2v) is 11.0. The molecule has 41 heavy (non-hydrogen) atoms. The highest BCUT2D eigenvalue weighted by atomic mass is 35.5. The molecule has 1 N–H and O–H groups in total. The van der Waals surface area contributed by atoms with Gasteiger partial charge in [0.25, 0.3) is 5.69 Å². The third kappa shape index (κ3) is 3.93. The lowest BCUT2D eigenvalue weighted by Crippen LogP contribution is -2.39. The number of hydrogen-bond donors (Lipinski definition) is 1. The summed E-state index contributed by atoms with van der Waals surface area (Å²) in [5, 5.41) is 21.7. The molecule has 10 nitrogen and oxygen atoms in total. The second kappa shape index (κ2) is 9.52. The maximum absolute atomic E-state index is 13.9. The van der Waals surface area contributed by atoms with Crippen molar-refractivity contribution >= 4 is 46.4 Å². The molecule has 11 heteroatoms. The molecule has 3 aliphatic carbocycles. The van der Waals surface area contributed by atoms with Gasteiger partial charge in [-0.2, -0.15) is 0 Å². The number of allylic oxidation sites excluding steroid dienone is 6. The van der Waals surface area contributed by atoms with E-state index in [1.807, 2.05) is 6.08 Å². The van der Waals surface area contributed by atoms with Gasteiger partial charge in [-0.3, -0.25) is 29.3 Å². The van der Waals surface area contributed by atoms with Gasteiger partial charge in [-0.1, -0.05) is 29.3 Å². The fraction of sp³-hybridized carbons (Fsp3) is 0.267. The van der Waals surface area contributed by atoms with E-state index in [1.54, 1.807) is 13.0 Å². The maximum Gasteiger partial charge on any atom is 0.271 e. The number of nitro groups is 1. The van der Waals surface area contributed by atoms with Crippen molar-refractivity contribution in [2.45, 2.75) is 25.7 Å². The molecule has 2 amide bonds. The Hall–Kier alpha value is -4.57. The maximum atomic E-state index is 13.9. The number of nitrogens with zero attached hydrogens (tertiary/aromatic N) is 2. The predicted octanol–water partition coefficient (Wildman–Crippen LogP) is 4.60. The highest BCUT2D eigenvalue weighted by Gasteiger charge is 2.56. The summed E-state index contributed by atoms with van der Waals surface area (Å²) in [5.74, 6) is -4.77. The van der Waals surface area contributed by atoms with E-state index in [2.05, 4.69) is 0 Å². The lowest BCUT2D eigenvalue weighted by molar-refractivity contribution is -0.384. The van der Waals surface area contributed by atoms with Crippen LogP contribution in [-0.2, 0) is 19.2 Å². The molecule has 6 rings (SSSR count). The van der Waals surface area contributed by atoms with Crippen LogP contribution in [0.5, 0.6) is 11.5 Å². The Morgan fingerprint density at radius 3 is 2.56 bits per heavy atom. The molecular formula is C30H23ClN2O8. The largest absolute Gasteiger partial charge is 0.503 e. The predicted molar refractivity (Wildman–Crippen MR) is 147 cm³/mol. The SMILES string of the molecule is COc1cc([C@H]2C3=CC[C@@H]4C(=O)N(c5cccc([N+](=O)[O-])c5)C(=O)[C@@H]4[C@@H]3CC3=C2C(=O)C(C)=CC3=O)cc(Cl)c1O. The molecule has 2 aromatic rings. The summed E-state index contributed by atoms with van der Waals surface area (Å²) >= 11 is 6.33. The van der Waals surface area contributed by atoms with Crippen molar-refractivity contribution in [1.29, 1.82) is 0 Å². The molecule has 0 saturated carbocycles. The minimum atomic E-state index is -0.845. The van der Waals surface area contributed by atoms with Crippen LogP contribution in [0.3, 0.4) is 0 Å². The molecule has 2 aromatic carbocycles. The lowest BCUT2D eigenvalue weighted by atomic mass is 9.59. The number of ketones is 2. The van der Waals surface area contributed by atoms with Crippen molar-refractivity contribution in [2.24, 2.45) is 17.8 Å². The van der Waals surface area contributed by atoms with Gasteiger partial charge in [0.2, 0.25) is 11.8 Å². The highest BCUT2D eigenvalue weighted by molar-refractivity contribution is 6.32. The number of nitro benzene ring substituents is 1. The zero-order valence-electron chi connectivity index (χ0n) is 21.9. The summed E-state index contributed by atoms with van der Waals surface area (Å²) in [6, 6.07) is 8.41. The topological polar surface area (TPSA) is 144 Å². The zero-order valence-corrected chi connectivity index (χ0v) is 22.7. The summed E-state index contributed by atoms with van der Waals surface area (Å²) in [5.41, 5.74) is 1.89. The minimum Gasteiger partial charge on any atom is -0.503 e. The van der Waals surface area contributed by atoms with Gasteiger partial charge in [-0.15, -0.1) is 0 Å². The molecule has 1 fully saturated rings. The smallest absolute Gasteiger partial charge is 0.271 e. The number of benzene rings is 2. The third-order valence-corrected chi connectivity index (χ3v) is 8.76. The van der Waals surface area contributed by atoms with E-state index in [1.165, 1.54) is 43.5 Å². The van der Waals surface area contributed by atoms with E-state index in [0.717, 1.165) is 4.90 Å². The Labute approximate surface area is 238 Å². The van der Waals surface area contributed by atoms with Gasteiger partial charge in [-0.05, 0) is 55.5 Å². The van der Waals surface area contributed by atoms with Gasteiger partial charge in [0.1, 0.15) is 0 Å². The summed E-state index contributed by atoms with van der Waals surface area (Å²) in [7, 11) is 1.36. The summed E-state index contributed by atoms with van der Waals surface area (Å²) in [4.78, 5) is 66.1. The zero-order chi connectivity index (χ0) is 29.3. The summed E-state index contributed by atoms with van der Waals surface area (Å²) in [6.45, 7) is 1.57. The monoisotopic (exact) mass is 574 g/mol. The molecule has 208 valence electrons. The van der Waals surface area contributed by atoms with Gasteiger partial charge in [0, 0.05) is 34.8 Å². The number of Topliss-reactive ketones (excluding diaryl/α,β-unsaturated/α-hetero) is 1. The third-order valence-electron chi connectivity index (χ3n) is 8.47. The molecule has 0 bridgehead atoms. The van der Waals surface area contributed by atoms with Crippen LogP contribution >= 0.6 is 11.6 Å². The van der Waals surface area contributed by atoms with Gasteiger partial charge in [0.05, 0.1) is 34.6 Å². The average Bonchev–Trinajstić information content (AvgIpc) is 3.21. The van der Waals surface area contributed by atoms with E-state index < -0.39 is 40.4 Å². The number of methoxy groups -OCH3 is 1. The van der Waals surface area contributed by atoms with Crippen LogP contribution in [0, 0.1) is 27.9 Å². The van der Waals surface area contributed by atoms with E-state index in [4.69, 9.17) is 16.3 Å². The standard InChI is InChI=1S/C30H23ClN2O8/c1-13-8-22(34)20-12-19-17(24(26(20)27(13)35)14-9-21(31)28(36)23(10-14)41-2)6-7-18-25(19)30(38)32(29(18)37)15-4-3-5-16(11-15)33(39)40/h3-6,8-11,18-19,24-25,36H,7,12H2,1-2H3/t18-,19+,24-,25-/m0/s1. The van der Waals surface area contributed by atoms with Crippen molar-refractivity contribution in [1.82, 2.24) is 0 Å². The molecule has 4 atom stereocenters. The molecule has 0 spiro atoms. The molecule has 0 radical (unpaired) electrons. The number of anilines is 1. The Bertz CT molecular complexity index is 1700. The second-order valence-electron chi connectivity index (χ2n) is 10.6. The number of amides is 2. The first-order valence-corrected chi connectivity index (χ1v) is 13.3. The van der Waals surface area contributed by atoms with Crippen LogP contribution in [0.1, 0.15) is 31.2 Å². The van der Waals surface area contributed by atoms with Crippen molar-refractivity contribution in [2.75, 3.05) is 12.0 Å². The van der Waals surface area contributed by atoms with E-state index in [0.29, 0.717) is 11.1 Å². The van der Waals surface area contributed by atoms with Gasteiger partial charge >= 0.3 is 0 Å². The fourth-order valence-electron chi connectivity index (χ4n) is 6.66. The molecule has 0 unspecified atom stereocenters. The fourth-order valence-corrected chi connectivity index (χ4v) is 6.88. The number of fused-ring (bicyclic) bond motifs is 3. The number of hydrogen-bond acceptors (Lipinski definition) is 8. The van der Waals surface area contributed by atoms with Crippen LogP contribution in [0.15, 0.2) is 70.8 Å². The van der Waals surface area contributed by atoms with E-state index >= 15 is 0 Å². The number of carbonyl (C=O) groups excluding carboxylic acids is 4. The minimum absolute atomic E-state index is 0.0104. The van der Waals surface area contributed by atoms with Gasteiger partial charge in [-0.25, -0.2) is 4.90 Å². The van der Waals surface area contributed by atoms with Gasteiger partial charge < -0.3 is 9.84 Å². The van der Waals surface area contributed by atoms with E-state index in [-0.39, 0.29) is 69.0 Å². The van der Waals surface area contributed by atoms with Crippen LogP contribution in [0.4, 0.5) is 11.4 Å². The number of phenolic OH excluding ortho intramolecular Hbond substituents is 1. The number of imide groups is 1. The first kappa shape index (κ1) is 26.6. The normalized spacial score (nSPS) is 25.4. The Morgan fingerprint density at radius 2 is 1.85 bits per heavy atom. The number of ether oxygens (including phenoxy) is 1. The summed E-state index contributed by atoms with van der Waals surface area (Å²) < 4.78 is 5.30. The van der Waals surface area contributed by atoms with Crippen LogP contribution < -0.4 is 9.64 Å². The van der Waals surface area contributed by atoms with Crippen molar-refractivity contribution in [3.63, 3.8) is 0 Å². The highest BCUT2D eigenvalue weighted by Crippen LogP contribution is 2.56. The van der Waals surface area contributed by atoms with Crippen molar-refractivity contribution in [3.05, 3.63) is 91.5 Å². The molecule has 4 aliphatic rings. The quantitative estimate of drug-likeness (QED) is 0.183. The molecular weight excluding hydrogens is 552 g/mol. The van der Waals surface area contributed by atoms with E-state index in [9.17, 15) is 34.4 Å². The average molecular weight is 575 g/mol. The molecule has 1 saturated heterocycles. The Balaban J connectivity index is 1.49. The first-order chi connectivity index (χ1) is 19.5. The number of non-ortho nitro benzene ring substituents is 1. The number of aromatic hydroxyl groups is 1. The Morgan fingerprint density at radius 1 is 1.10 bits per heavy atom. The number of phenols is 1. The molecule has 1 aliphatic heterocycles. The Kier molecular flexibility index (Phi) is 6.18. The van der Waals surface area contributed by atoms with Gasteiger partial charge in [0.15, 0.2) is 23.1 Å². The molecule has 0 aromatic heterocycles. The molecule has 1 heterocycles. The number of halogens is 1. The lowest BCUT2D eigenvalue weighted by Gasteiger charge is -2.42. The van der Waals surface area contributed by atoms with Crippen LogP contribution in [0.25, 0.3) is 0 Å². The number of rotatable bonds is 4. The number of carbonyl (C=O) groups is 4. The van der Waals surface area contributed by atoms with Crippen LogP contribution in [-0.4, -0.2) is 40.5 Å². The van der Waals surface area contributed by atoms with Crippen molar-refractivity contribution in [3.8, 4) is 11.5 Å². The van der Waals surface area contributed by atoms with Crippen molar-refractivity contribution < 1.29 is 33.9 Å². The summed E-state index contributed by atoms with van der Waals surface area (Å²) in [6.07, 6.45) is 3.42. The van der Waals surface area contributed by atoms with Crippen LogP contribution in [0.2, 0.25) is 5.02 Å². The first-order valence-electron chi connectivity index (χ1n) is 12.9.